The minimum atomic E-state index is -0.456. The summed E-state index contributed by atoms with van der Waals surface area (Å²) in [7, 11) is 0. The fourth-order valence-electron chi connectivity index (χ4n) is 2.98. The van der Waals surface area contributed by atoms with Crippen LogP contribution >= 0.6 is 0 Å². The molecule has 2 N–H and O–H groups in total. The van der Waals surface area contributed by atoms with Crippen molar-refractivity contribution in [3.8, 4) is 17.2 Å². The highest BCUT2D eigenvalue weighted by molar-refractivity contribution is 6.04. The number of carbonyl (C=O) groups excluding carboxylic acids is 3. The maximum Gasteiger partial charge on any atom is 0.308 e. The number of rotatable bonds is 10. The Kier molecular flexibility index (Phi) is 8.62. The average molecular weight is 463 g/mol. The first-order valence-corrected chi connectivity index (χ1v) is 10.7. The van der Waals surface area contributed by atoms with Gasteiger partial charge < -0.3 is 24.8 Å². The van der Waals surface area contributed by atoms with Crippen LogP contribution < -0.4 is 24.8 Å². The molecule has 0 aliphatic heterocycles. The van der Waals surface area contributed by atoms with Gasteiger partial charge in [0.1, 0.15) is 17.2 Å². The van der Waals surface area contributed by atoms with Gasteiger partial charge in [0.05, 0.1) is 6.61 Å². The Morgan fingerprint density at radius 3 is 2.15 bits per heavy atom. The van der Waals surface area contributed by atoms with E-state index in [0.29, 0.717) is 35.9 Å². The lowest BCUT2D eigenvalue weighted by Crippen LogP contribution is -2.28. The van der Waals surface area contributed by atoms with Crippen LogP contribution in [0.5, 0.6) is 17.2 Å². The van der Waals surface area contributed by atoms with Crippen molar-refractivity contribution in [2.24, 2.45) is 0 Å². The van der Waals surface area contributed by atoms with E-state index in [0.717, 1.165) is 11.3 Å². The Balaban J connectivity index is 1.44. The normalized spacial score (nSPS) is 10.2. The summed E-state index contributed by atoms with van der Waals surface area (Å²) in [5.74, 6) is 0.590. The molecule has 2 amide bonds. The summed E-state index contributed by atoms with van der Waals surface area (Å²) in [4.78, 5) is 35.6. The van der Waals surface area contributed by atoms with Gasteiger partial charge >= 0.3 is 5.97 Å². The predicted molar refractivity (Wildman–Crippen MR) is 127 cm³/mol. The number of carbonyl (C=O) groups is 3. The third-order valence-corrected chi connectivity index (χ3v) is 4.56. The van der Waals surface area contributed by atoms with Crippen molar-refractivity contribution in [2.45, 2.75) is 20.4 Å². The molecule has 0 radical (unpaired) electrons. The summed E-state index contributed by atoms with van der Waals surface area (Å²) in [6.45, 7) is 4.01. The first-order valence-electron chi connectivity index (χ1n) is 10.7. The van der Waals surface area contributed by atoms with Crippen molar-refractivity contribution in [2.75, 3.05) is 18.5 Å². The van der Waals surface area contributed by atoms with E-state index < -0.39 is 5.97 Å². The summed E-state index contributed by atoms with van der Waals surface area (Å²) < 4.78 is 15.9. The molecule has 8 heteroatoms. The van der Waals surface area contributed by atoms with Gasteiger partial charge in [0.2, 0.25) is 0 Å². The molecule has 0 bridgehead atoms. The molecule has 176 valence electrons. The quantitative estimate of drug-likeness (QED) is 0.349. The zero-order chi connectivity index (χ0) is 24.3. The number of hydrogen-bond acceptors (Lipinski definition) is 6. The van der Waals surface area contributed by atoms with E-state index in [2.05, 4.69) is 10.6 Å². The molecule has 0 aliphatic carbocycles. The Morgan fingerprint density at radius 2 is 1.50 bits per heavy atom. The zero-order valence-electron chi connectivity index (χ0n) is 19.0. The fourth-order valence-corrected chi connectivity index (χ4v) is 2.98. The van der Waals surface area contributed by atoms with E-state index in [-0.39, 0.29) is 18.4 Å². The van der Waals surface area contributed by atoms with Crippen molar-refractivity contribution in [3.63, 3.8) is 0 Å². The number of esters is 1. The first kappa shape index (κ1) is 24.3. The Hall–Kier alpha value is -4.33. The van der Waals surface area contributed by atoms with E-state index in [9.17, 15) is 14.4 Å². The largest absolute Gasteiger partial charge is 0.494 e. The van der Waals surface area contributed by atoms with Gasteiger partial charge in [-0.1, -0.05) is 18.2 Å². The van der Waals surface area contributed by atoms with Gasteiger partial charge in [-0.05, 0) is 67.1 Å². The highest BCUT2D eigenvalue weighted by Gasteiger charge is 2.09. The molecule has 0 aromatic heterocycles. The highest BCUT2D eigenvalue weighted by Crippen LogP contribution is 2.18. The van der Waals surface area contributed by atoms with Crippen molar-refractivity contribution in [1.29, 1.82) is 0 Å². The first-order chi connectivity index (χ1) is 16.4. The zero-order valence-corrected chi connectivity index (χ0v) is 19.0. The SMILES string of the molecule is CCOc1ccc(OCC(=O)NCc2ccc(NC(=O)c3cccc(OC(C)=O)c3)cc2)cc1. The van der Waals surface area contributed by atoms with E-state index in [1.54, 1.807) is 66.7 Å². The lowest BCUT2D eigenvalue weighted by molar-refractivity contribution is -0.131. The van der Waals surface area contributed by atoms with Crippen LogP contribution in [0.25, 0.3) is 0 Å². The molecule has 8 nitrogen and oxygen atoms in total. The maximum absolute atomic E-state index is 12.5. The second-order valence-electron chi connectivity index (χ2n) is 7.24. The van der Waals surface area contributed by atoms with Crippen molar-refractivity contribution in [1.82, 2.24) is 5.32 Å². The van der Waals surface area contributed by atoms with E-state index in [1.807, 2.05) is 6.92 Å². The number of amides is 2. The fraction of sp³-hybridized carbons (Fsp3) is 0.192. The maximum atomic E-state index is 12.5. The van der Waals surface area contributed by atoms with Crippen molar-refractivity contribution in [3.05, 3.63) is 83.9 Å². The molecule has 0 saturated heterocycles. The molecule has 3 aromatic rings. The topological polar surface area (TPSA) is 103 Å². The summed E-state index contributed by atoms with van der Waals surface area (Å²) in [5.41, 5.74) is 1.82. The molecule has 0 atom stereocenters. The number of benzene rings is 3. The van der Waals surface area contributed by atoms with Gasteiger partial charge in [0.25, 0.3) is 11.8 Å². The second kappa shape index (κ2) is 12.1. The Labute approximate surface area is 197 Å². The standard InChI is InChI=1S/C26H26N2O6/c1-3-32-22-11-13-23(14-12-22)33-17-25(30)27-16-19-7-9-21(10-8-19)28-26(31)20-5-4-6-24(15-20)34-18(2)29/h4-15H,3,16-17H2,1-2H3,(H,27,30)(H,28,31). The minimum absolute atomic E-state index is 0.103. The molecule has 3 aromatic carbocycles. The number of hydrogen-bond donors (Lipinski definition) is 2. The molecule has 0 spiro atoms. The van der Waals surface area contributed by atoms with Crippen LogP contribution in [0.3, 0.4) is 0 Å². The van der Waals surface area contributed by atoms with Crippen LogP contribution in [0.15, 0.2) is 72.8 Å². The van der Waals surface area contributed by atoms with Gasteiger partial charge in [-0.15, -0.1) is 0 Å². The predicted octanol–water partition coefficient (Wildman–Crippen LogP) is 3.96. The van der Waals surface area contributed by atoms with Crippen molar-refractivity contribution < 1.29 is 28.6 Å². The number of ether oxygens (including phenoxy) is 3. The van der Waals surface area contributed by atoms with Gasteiger partial charge in [-0.3, -0.25) is 14.4 Å². The molecular formula is C26H26N2O6. The van der Waals surface area contributed by atoms with Crippen molar-refractivity contribution >= 4 is 23.5 Å². The van der Waals surface area contributed by atoms with Gasteiger partial charge in [-0.2, -0.15) is 0 Å². The third-order valence-electron chi connectivity index (χ3n) is 4.56. The summed E-state index contributed by atoms with van der Waals surface area (Å²) in [5, 5.41) is 5.58. The van der Waals surface area contributed by atoms with Crippen LogP contribution in [-0.2, 0) is 16.1 Å². The monoisotopic (exact) mass is 462 g/mol. The second-order valence-corrected chi connectivity index (χ2v) is 7.24. The third kappa shape index (κ3) is 7.67. The molecule has 0 heterocycles. The van der Waals surface area contributed by atoms with Crippen LogP contribution in [0.1, 0.15) is 29.8 Å². The summed E-state index contributed by atoms with van der Waals surface area (Å²) >= 11 is 0. The van der Waals surface area contributed by atoms with E-state index in [1.165, 1.54) is 13.0 Å². The molecule has 0 saturated carbocycles. The molecule has 0 aliphatic rings. The molecular weight excluding hydrogens is 436 g/mol. The summed E-state index contributed by atoms with van der Waals surface area (Å²) in [6, 6.07) is 20.5. The Morgan fingerprint density at radius 1 is 0.824 bits per heavy atom. The van der Waals surface area contributed by atoms with Gasteiger partial charge in [0.15, 0.2) is 6.61 Å². The van der Waals surface area contributed by atoms with Gasteiger partial charge in [0, 0.05) is 24.7 Å². The molecule has 3 rings (SSSR count). The molecule has 0 unspecified atom stereocenters. The van der Waals surface area contributed by atoms with E-state index >= 15 is 0 Å². The van der Waals surface area contributed by atoms with Crippen LogP contribution in [0.4, 0.5) is 5.69 Å². The average Bonchev–Trinajstić information content (AvgIpc) is 2.83. The number of nitrogens with one attached hydrogen (secondary N) is 2. The van der Waals surface area contributed by atoms with Crippen LogP contribution in [0, 0.1) is 0 Å². The highest BCUT2D eigenvalue weighted by atomic mass is 16.5. The van der Waals surface area contributed by atoms with Crippen LogP contribution in [-0.4, -0.2) is 31.0 Å². The number of anilines is 1. The van der Waals surface area contributed by atoms with Gasteiger partial charge in [-0.25, -0.2) is 0 Å². The van der Waals surface area contributed by atoms with Crippen LogP contribution in [0.2, 0.25) is 0 Å². The smallest absolute Gasteiger partial charge is 0.308 e. The molecule has 0 fully saturated rings. The lowest BCUT2D eigenvalue weighted by Gasteiger charge is -2.10. The molecule has 34 heavy (non-hydrogen) atoms. The Bertz CT molecular complexity index is 1130. The van der Waals surface area contributed by atoms with E-state index in [4.69, 9.17) is 14.2 Å². The summed E-state index contributed by atoms with van der Waals surface area (Å²) in [6.07, 6.45) is 0. The minimum Gasteiger partial charge on any atom is -0.494 e. The lowest BCUT2D eigenvalue weighted by atomic mass is 10.1.